The summed E-state index contributed by atoms with van der Waals surface area (Å²) in [5, 5.41) is 18.3. The number of hydrogen-bond donors (Lipinski definition) is 1. The van der Waals surface area contributed by atoms with E-state index in [4.69, 9.17) is 9.47 Å². The van der Waals surface area contributed by atoms with Gasteiger partial charge in [-0.3, -0.25) is 10.1 Å². The smallest absolute Gasteiger partial charge is 0.161 e. The molecule has 1 aromatic heterocycles. The molecular formula is C22H26N6O2. The van der Waals surface area contributed by atoms with E-state index in [0.717, 1.165) is 54.4 Å². The van der Waals surface area contributed by atoms with E-state index < -0.39 is 0 Å². The molecule has 1 aliphatic rings. The molecule has 3 aromatic rings. The average Bonchev–Trinajstić information content (AvgIpc) is 3.29. The van der Waals surface area contributed by atoms with Crippen LogP contribution in [0.1, 0.15) is 0 Å². The van der Waals surface area contributed by atoms with Gasteiger partial charge in [0.1, 0.15) is 0 Å². The Labute approximate surface area is 176 Å². The van der Waals surface area contributed by atoms with Crippen LogP contribution in [0.3, 0.4) is 0 Å². The second-order valence-corrected chi connectivity index (χ2v) is 7.23. The molecule has 156 valence electrons. The molecule has 4 rings (SSSR count). The van der Waals surface area contributed by atoms with Gasteiger partial charge in [-0.25, -0.2) is 0 Å². The van der Waals surface area contributed by atoms with E-state index in [0.29, 0.717) is 11.5 Å². The largest absolute Gasteiger partial charge is 0.493 e. The number of benzene rings is 2. The van der Waals surface area contributed by atoms with Crippen LogP contribution in [-0.4, -0.2) is 67.6 Å². The van der Waals surface area contributed by atoms with E-state index in [1.54, 1.807) is 14.2 Å². The van der Waals surface area contributed by atoms with Crippen LogP contribution in [0.2, 0.25) is 0 Å². The molecule has 1 fully saturated rings. The number of aromatic nitrogens is 2. The van der Waals surface area contributed by atoms with Gasteiger partial charge in [-0.05, 0) is 49.0 Å². The SMILES string of the molecule is COc1ccc(-c2cc(-c3ccc(N=NN4CCN(C)CC4)cc3)[nH]n2)cc1OC. The van der Waals surface area contributed by atoms with Gasteiger partial charge in [0.15, 0.2) is 11.5 Å². The number of likely N-dealkylation sites (N-methyl/N-ethyl adjacent to an activating group) is 1. The zero-order valence-corrected chi connectivity index (χ0v) is 17.5. The van der Waals surface area contributed by atoms with E-state index in [2.05, 4.69) is 32.5 Å². The van der Waals surface area contributed by atoms with Crippen molar-refractivity contribution in [1.82, 2.24) is 20.1 Å². The summed E-state index contributed by atoms with van der Waals surface area (Å²) in [6.45, 7) is 3.84. The zero-order chi connectivity index (χ0) is 20.9. The Hall–Kier alpha value is -3.39. The van der Waals surface area contributed by atoms with Crippen molar-refractivity contribution in [2.24, 2.45) is 10.3 Å². The van der Waals surface area contributed by atoms with E-state index in [1.165, 1.54) is 0 Å². The Balaban J connectivity index is 1.46. The van der Waals surface area contributed by atoms with Crippen LogP contribution in [0.4, 0.5) is 5.69 Å². The Morgan fingerprint density at radius 2 is 1.57 bits per heavy atom. The third-order valence-electron chi connectivity index (χ3n) is 5.20. The lowest BCUT2D eigenvalue weighted by Gasteiger charge is -2.29. The van der Waals surface area contributed by atoms with Crippen LogP contribution in [0.15, 0.2) is 58.9 Å². The summed E-state index contributed by atoms with van der Waals surface area (Å²) in [5.41, 5.74) is 4.59. The summed E-state index contributed by atoms with van der Waals surface area (Å²) in [6.07, 6.45) is 0. The summed E-state index contributed by atoms with van der Waals surface area (Å²) in [5.74, 6) is 1.37. The van der Waals surface area contributed by atoms with Crippen molar-refractivity contribution in [2.45, 2.75) is 0 Å². The highest BCUT2D eigenvalue weighted by molar-refractivity contribution is 5.70. The molecule has 30 heavy (non-hydrogen) atoms. The first-order chi connectivity index (χ1) is 14.7. The third kappa shape index (κ3) is 4.44. The quantitative estimate of drug-likeness (QED) is 0.626. The lowest BCUT2D eigenvalue weighted by molar-refractivity contribution is 0.150. The Morgan fingerprint density at radius 3 is 2.27 bits per heavy atom. The fourth-order valence-corrected chi connectivity index (χ4v) is 3.32. The monoisotopic (exact) mass is 406 g/mol. The molecule has 0 radical (unpaired) electrons. The molecule has 0 saturated carbocycles. The summed E-state index contributed by atoms with van der Waals surface area (Å²) >= 11 is 0. The minimum Gasteiger partial charge on any atom is -0.493 e. The van der Waals surface area contributed by atoms with Crippen molar-refractivity contribution >= 4 is 5.69 Å². The van der Waals surface area contributed by atoms with Gasteiger partial charge < -0.3 is 14.4 Å². The molecule has 0 spiro atoms. The van der Waals surface area contributed by atoms with Crippen LogP contribution >= 0.6 is 0 Å². The van der Waals surface area contributed by atoms with Crippen molar-refractivity contribution in [2.75, 3.05) is 47.4 Å². The van der Waals surface area contributed by atoms with E-state index in [-0.39, 0.29) is 0 Å². The number of rotatable bonds is 6. The van der Waals surface area contributed by atoms with Crippen molar-refractivity contribution in [3.63, 3.8) is 0 Å². The first-order valence-electron chi connectivity index (χ1n) is 9.89. The molecule has 0 unspecified atom stereocenters. The number of ether oxygens (including phenoxy) is 2. The highest BCUT2D eigenvalue weighted by Crippen LogP contribution is 2.33. The van der Waals surface area contributed by atoms with E-state index in [1.807, 2.05) is 53.5 Å². The third-order valence-corrected chi connectivity index (χ3v) is 5.20. The minimum atomic E-state index is 0.676. The Bertz CT molecular complexity index is 1010. The van der Waals surface area contributed by atoms with Crippen LogP contribution in [0.25, 0.3) is 22.5 Å². The van der Waals surface area contributed by atoms with Gasteiger partial charge in [-0.15, -0.1) is 5.11 Å². The van der Waals surface area contributed by atoms with Crippen molar-refractivity contribution < 1.29 is 9.47 Å². The van der Waals surface area contributed by atoms with Crippen LogP contribution < -0.4 is 9.47 Å². The van der Waals surface area contributed by atoms with Crippen molar-refractivity contribution in [3.8, 4) is 34.0 Å². The van der Waals surface area contributed by atoms with Crippen molar-refractivity contribution in [3.05, 3.63) is 48.5 Å². The molecule has 2 aromatic carbocycles. The number of hydrogen-bond acceptors (Lipinski definition) is 6. The minimum absolute atomic E-state index is 0.676. The number of piperazine rings is 1. The topological polar surface area (TPSA) is 78.3 Å². The first kappa shape index (κ1) is 19.9. The predicted molar refractivity (Wildman–Crippen MR) is 116 cm³/mol. The first-order valence-corrected chi connectivity index (χ1v) is 9.89. The molecule has 8 heteroatoms. The second kappa shape index (κ2) is 8.96. The molecule has 0 bridgehead atoms. The maximum absolute atomic E-state index is 5.39. The molecule has 0 amide bonds. The normalized spacial score (nSPS) is 15.0. The highest BCUT2D eigenvalue weighted by atomic mass is 16.5. The number of aromatic amines is 1. The van der Waals surface area contributed by atoms with Crippen LogP contribution in [0, 0.1) is 0 Å². The number of H-pyrrole nitrogens is 1. The predicted octanol–water partition coefficient (Wildman–Crippen LogP) is 4.01. The maximum atomic E-state index is 5.39. The molecule has 1 aliphatic heterocycles. The van der Waals surface area contributed by atoms with Gasteiger partial charge in [-0.2, -0.15) is 5.10 Å². The summed E-state index contributed by atoms with van der Waals surface area (Å²) in [6, 6.07) is 15.7. The molecule has 0 atom stereocenters. The lowest BCUT2D eigenvalue weighted by Crippen LogP contribution is -2.41. The van der Waals surface area contributed by atoms with Gasteiger partial charge in [0.2, 0.25) is 0 Å². The summed E-state index contributed by atoms with van der Waals surface area (Å²) in [4.78, 5) is 2.29. The lowest BCUT2D eigenvalue weighted by atomic mass is 10.1. The van der Waals surface area contributed by atoms with Gasteiger partial charge in [-0.1, -0.05) is 17.4 Å². The van der Waals surface area contributed by atoms with Crippen LogP contribution in [0.5, 0.6) is 11.5 Å². The molecule has 2 heterocycles. The standard InChI is InChI=1S/C22H26N6O2/c1-27-10-12-28(13-11-27)26-23-18-7-4-16(5-8-18)19-15-20(25-24-19)17-6-9-21(29-2)22(14-17)30-3/h4-9,14-15H,10-13H2,1-3H3,(H,24,25). The molecule has 0 aliphatic carbocycles. The molecule has 1 N–H and O–H groups in total. The maximum Gasteiger partial charge on any atom is 0.161 e. The molecule has 1 saturated heterocycles. The highest BCUT2D eigenvalue weighted by Gasteiger charge is 2.12. The van der Waals surface area contributed by atoms with Gasteiger partial charge >= 0.3 is 0 Å². The molecule has 8 nitrogen and oxygen atoms in total. The van der Waals surface area contributed by atoms with Crippen LogP contribution in [-0.2, 0) is 0 Å². The van der Waals surface area contributed by atoms with E-state index >= 15 is 0 Å². The fraction of sp³-hybridized carbons (Fsp3) is 0.318. The van der Waals surface area contributed by atoms with Crippen molar-refractivity contribution in [1.29, 1.82) is 0 Å². The van der Waals surface area contributed by atoms with E-state index in [9.17, 15) is 0 Å². The second-order valence-electron chi connectivity index (χ2n) is 7.23. The van der Waals surface area contributed by atoms with Gasteiger partial charge in [0, 0.05) is 18.7 Å². The zero-order valence-electron chi connectivity index (χ0n) is 17.5. The average molecular weight is 406 g/mol. The summed E-state index contributed by atoms with van der Waals surface area (Å²) < 4.78 is 10.7. The number of nitrogens with one attached hydrogen (secondary N) is 1. The Morgan fingerprint density at radius 1 is 0.867 bits per heavy atom. The van der Waals surface area contributed by atoms with Gasteiger partial charge in [0.05, 0.1) is 44.4 Å². The number of methoxy groups -OCH3 is 2. The fourth-order valence-electron chi connectivity index (χ4n) is 3.32. The van der Waals surface area contributed by atoms with Gasteiger partial charge in [0.25, 0.3) is 0 Å². The Kier molecular flexibility index (Phi) is 5.94. The molecular weight excluding hydrogens is 380 g/mol. The number of nitrogens with zero attached hydrogens (tertiary/aromatic N) is 5. The summed E-state index contributed by atoms with van der Waals surface area (Å²) in [7, 11) is 5.37.